The Bertz CT molecular complexity index is 2310. The normalized spacial score (nSPS) is 11.8. The number of anilines is 3. The molecule has 42 heavy (non-hydrogen) atoms. The van der Waals surface area contributed by atoms with E-state index in [1.54, 1.807) is 0 Å². The molecule has 0 aliphatic heterocycles. The van der Waals surface area contributed by atoms with Crippen LogP contribution in [-0.2, 0) is 0 Å². The summed E-state index contributed by atoms with van der Waals surface area (Å²) in [6, 6.07) is 57.2. The lowest BCUT2D eigenvalue weighted by Crippen LogP contribution is -2.10. The van der Waals surface area contributed by atoms with Crippen LogP contribution in [0.4, 0.5) is 17.1 Å². The number of fused-ring (bicyclic) bond motifs is 3. The first-order chi connectivity index (χ1) is 20.9. The molecular formula is C40H26N2. The molecule has 0 bridgehead atoms. The molecule has 0 saturated heterocycles. The Kier molecular flexibility index (Phi) is 4.93. The van der Waals surface area contributed by atoms with Gasteiger partial charge in [-0.25, -0.2) is 0 Å². The van der Waals surface area contributed by atoms with E-state index in [2.05, 4.69) is 167 Å². The van der Waals surface area contributed by atoms with Crippen LogP contribution in [0.25, 0.3) is 59.8 Å². The predicted octanol–water partition coefficient (Wildman–Crippen LogP) is 11.2. The molecule has 0 fully saturated rings. The van der Waals surface area contributed by atoms with Crippen LogP contribution in [0.5, 0.6) is 0 Å². The van der Waals surface area contributed by atoms with E-state index in [9.17, 15) is 0 Å². The van der Waals surface area contributed by atoms with Crippen molar-refractivity contribution in [2.24, 2.45) is 0 Å². The first-order valence-electron chi connectivity index (χ1n) is 14.5. The molecule has 1 heterocycles. The van der Waals surface area contributed by atoms with Crippen LogP contribution >= 0.6 is 0 Å². The van der Waals surface area contributed by atoms with Gasteiger partial charge >= 0.3 is 0 Å². The molecule has 0 aliphatic rings. The van der Waals surface area contributed by atoms with Gasteiger partial charge < -0.3 is 9.47 Å². The molecule has 0 aliphatic carbocycles. The average Bonchev–Trinajstić information content (AvgIpc) is 3.39. The summed E-state index contributed by atoms with van der Waals surface area (Å²) in [4.78, 5) is 2.37. The third kappa shape index (κ3) is 3.27. The number of hydrogen-bond donors (Lipinski definition) is 0. The SMILES string of the molecule is c1ccc(N(c2ccccc2)c2ccc3ccc4c(-n5c6ccccc6c6ccccc65)ccc5ccc2c3c54)cc1. The van der Waals surface area contributed by atoms with Gasteiger partial charge in [-0.2, -0.15) is 0 Å². The zero-order valence-corrected chi connectivity index (χ0v) is 22.9. The van der Waals surface area contributed by atoms with Crippen molar-refractivity contribution in [3.05, 3.63) is 158 Å². The van der Waals surface area contributed by atoms with Crippen molar-refractivity contribution >= 4 is 71.2 Å². The minimum Gasteiger partial charge on any atom is -0.310 e. The van der Waals surface area contributed by atoms with Crippen molar-refractivity contribution < 1.29 is 0 Å². The smallest absolute Gasteiger partial charge is 0.0541 e. The zero-order chi connectivity index (χ0) is 27.6. The second kappa shape index (κ2) is 8.95. The Morgan fingerprint density at radius 3 is 1.45 bits per heavy atom. The number of nitrogens with zero attached hydrogens (tertiary/aromatic N) is 2. The summed E-state index contributed by atoms with van der Waals surface area (Å²) in [5.74, 6) is 0. The van der Waals surface area contributed by atoms with Gasteiger partial charge in [0.25, 0.3) is 0 Å². The second-order valence-electron chi connectivity index (χ2n) is 11.0. The van der Waals surface area contributed by atoms with Gasteiger partial charge in [0, 0.05) is 32.9 Å². The van der Waals surface area contributed by atoms with Gasteiger partial charge in [0.15, 0.2) is 0 Å². The predicted molar refractivity (Wildman–Crippen MR) is 179 cm³/mol. The van der Waals surface area contributed by atoms with Crippen LogP contribution < -0.4 is 4.90 Å². The first-order valence-corrected chi connectivity index (χ1v) is 14.5. The van der Waals surface area contributed by atoms with Crippen molar-refractivity contribution in [1.82, 2.24) is 4.57 Å². The number of aromatic nitrogens is 1. The molecule has 9 rings (SSSR count). The van der Waals surface area contributed by atoms with E-state index in [0.29, 0.717) is 0 Å². The molecular weight excluding hydrogens is 508 g/mol. The highest BCUT2D eigenvalue weighted by Crippen LogP contribution is 2.45. The number of para-hydroxylation sites is 4. The maximum atomic E-state index is 2.44. The van der Waals surface area contributed by atoms with Crippen molar-refractivity contribution in [3.63, 3.8) is 0 Å². The van der Waals surface area contributed by atoms with E-state index in [-0.39, 0.29) is 0 Å². The summed E-state index contributed by atoms with van der Waals surface area (Å²) in [7, 11) is 0. The lowest BCUT2D eigenvalue weighted by molar-refractivity contribution is 1.20. The van der Waals surface area contributed by atoms with Crippen LogP contribution in [0.2, 0.25) is 0 Å². The van der Waals surface area contributed by atoms with Crippen LogP contribution in [0, 0.1) is 0 Å². The molecule has 0 N–H and O–H groups in total. The summed E-state index contributed by atoms with van der Waals surface area (Å²) in [6.45, 7) is 0. The molecule has 8 aromatic carbocycles. The van der Waals surface area contributed by atoms with Gasteiger partial charge in [-0.1, -0.05) is 109 Å². The zero-order valence-electron chi connectivity index (χ0n) is 22.9. The van der Waals surface area contributed by atoms with E-state index < -0.39 is 0 Å². The maximum absolute atomic E-state index is 2.44. The van der Waals surface area contributed by atoms with Gasteiger partial charge in [0.05, 0.1) is 22.4 Å². The van der Waals surface area contributed by atoms with Gasteiger partial charge in [-0.05, 0) is 70.1 Å². The maximum Gasteiger partial charge on any atom is 0.0541 e. The minimum atomic E-state index is 1.14. The highest BCUT2D eigenvalue weighted by Gasteiger charge is 2.20. The van der Waals surface area contributed by atoms with E-state index in [1.165, 1.54) is 65.5 Å². The quantitative estimate of drug-likeness (QED) is 0.204. The topological polar surface area (TPSA) is 8.17 Å². The van der Waals surface area contributed by atoms with Crippen LogP contribution in [0.15, 0.2) is 158 Å². The number of hydrogen-bond acceptors (Lipinski definition) is 1. The third-order valence-electron chi connectivity index (χ3n) is 8.71. The van der Waals surface area contributed by atoms with Crippen molar-refractivity contribution in [1.29, 1.82) is 0 Å². The number of rotatable bonds is 4. The molecule has 0 spiro atoms. The third-order valence-corrected chi connectivity index (χ3v) is 8.71. The van der Waals surface area contributed by atoms with Gasteiger partial charge in [0.1, 0.15) is 0 Å². The fourth-order valence-electron chi connectivity index (χ4n) is 6.92. The molecule has 2 heteroatoms. The Morgan fingerprint density at radius 2 is 0.833 bits per heavy atom. The molecule has 9 aromatic rings. The van der Waals surface area contributed by atoms with Crippen LogP contribution in [0.3, 0.4) is 0 Å². The Hall–Kier alpha value is -5.60. The van der Waals surface area contributed by atoms with Crippen molar-refractivity contribution in [3.8, 4) is 5.69 Å². The lowest BCUT2D eigenvalue weighted by atomic mass is 9.92. The molecule has 0 radical (unpaired) electrons. The largest absolute Gasteiger partial charge is 0.310 e. The number of benzene rings is 8. The molecule has 1 aromatic heterocycles. The highest BCUT2D eigenvalue weighted by atomic mass is 15.1. The molecule has 196 valence electrons. The fourth-order valence-corrected chi connectivity index (χ4v) is 6.92. The summed E-state index contributed by atoms with van der Waals surface area (Å²) in [6.07, 6.45) is 0. The van der Waals surface area contributed by atoms with E-state index in [1.807, 2.05) is 0 Å². The van der Waals surface area contributed by atoms with E-state index in [0.717, 1.165) is 11.4 Å². The van der Waals surface area contributed by atoms with Gasteiger partial charge in [-0.3, -0.25) is 0 Å². The molecule has 0 saturated carbocycles. The summed E-state index contributed by atoms with van der Waals surface area (Å²) < 4.78 is 2.44. The second-order valence-corrected chi connectivity index (χ2v) is 11.0. The Labute approximate surface area is 243 Å². The molecule has 2 nitrogen and oxygen atoms in total. The molecule has 0 unspecified atom stereocenters. The van der Waals surface area contributed by atoms with Crippen molar-refractivity contribution in [2.75, 3.05) is 4.90 Å². The fraction of sp³-hybridized carbons (Fsp3) is 0. The van der Waals surface area contributed by atoms with Crippen LogP contribution in [-0.4, -0.2) is 4.57 Å². The summed E-state index contributed by atoms with van der Waals surface area (Å²) >= 11 is 0. The van der Waals surface area contributed by atoms with E-state index >= 15 is 0 Å². The average molecular weight is 535 g/mol. The summed E-state index contributed by atoms with van der Waals surface area (Å²) in [5, 5.41) is 10.2. The lowest BCUT2D eigenvalue weighted by Gasteiger charge is -2.27. The minimum absolute atomic E-state index is 1.14. The van der Waals surface area contributed by atoms with E-state index in [4.69, 9.17) is 0 Å². The standard InChI is InChI=1S/C40H26N2/c1-3-11-29(12-4-1)41(30-13-5-2-6-14-30)37-25-21-27-20-24-34-38(26-22-28-19-23-33(37)39(27)40(28)34)42-35-17-9-7-15-31(35)32-16-8-10-18-36(32)42/h1-26H. The monoisotopic (exact) mass is 534 g/mol. The van der Waals surface area contributed by atoms with Crippen LogP contribution in [0.1, 0.15) is 0 Å². The Morgan fingerprint density at radius 1 is 0.357 bits per heavy atom. The highest BCUT2D eigenvalue weighted by molar-refractivity contribution is 6.27. The summed E-state index contributed by atoms with van der Waals surface area (Å²) in [5.41, 5.74) is 7.14. The Balaban J connectivity index is 1.38. The molecule has 0 atom stereocenters. The first kappa shape index (κ1) is 23.1. The van der Waals surface area contributed by atoms with Gasteiger partial charge in [0.2, 0.25) is 0 Å². The molecule has 0 amide bonds. The van der Waals surface area contributed by atoms with Gasteiger partial charge in [-0.15, -0.1) is 0 Å². The van der Waals surface area contributed by atoms with Crippen molar-refractivity contribution in [2.45, 2.75) is 0 Å².